The van der Waals surface area contributed by atoms with Crippen LogP contribution in [0.4, 0.5) is 0 Å². The predicted molar refractivity (Wildman–Crippen MR) is 49.7 cm³/mol. The molecule has 0 aromatic carbocycles. The van der Waals surface area contributed by atoms with Crippen molar-refractivity contribution >= 4 is 11.9 Å². The summed E-state index contributed by atoms with van der Waals surface area (Å²) in [5.41, 5.74) is 15.2. The highest BCUT2D eigenvalue weighted by Gasteiger charge is 1.80. The molecular formula is C6H14N6. The number of nitrogens with zero attached hydrogens (tertiary/aromatic N) is 1. The first kappa shape index (κ1) is 10.3. The molecule has 0 spiro atoms. The normalized spacial score (nSPS) is 9.67. The van der Waals surface area contributed by atoms with Gasteiger partial charge >= 0.3 is 0 Å². The van der Waals surface area contributed by atoms with Gasteiger partial charge in [-0.3, -0.25) is 5.41 Å². The molecule has 0 aliphatic heterocycles. The molecule has 0 saturated carbocycles. The summed E-state index contributed by atoms with van der Waals surface area (Å²) in [5.74, 6) is 0.0145. The number of rotatable bonds is 4. The second kappa shape index (κ2) is 6.02. The Morgan fingerprint density at radius 2 is 2.00 bits per heavy atom. The summed E-state index contributed by atoms with van der Waals surface area (Å²) in [5, 5.41) is 9.41. The third-order valence-corrected chi connectivity index (χ3v) is 0.956. The Hall–Kier alpha value is -1.72. The zero-order chi connectivity index (χ0) is 9.40. The van der Waals surface area contributed by atoms with Crippen LogP contribution in [0.3, 0.4) is 0 Å². The lowest BCUT2D eigenvalue weighted by Gasteiger charge is -1.96. The van der Waals surface area contributed by atoms with E-state index in [4.69, 9.17) is 22.6 Å². The zero-order valence-corrected chi connectivity index (χ0v) is 6.75. The fraction of sp³-hybridized carbons (Fsp3) is 0.333. The van der Waals surface area contributed by atoms with Crippen LogP contribution in [-0.2, 0) is 0 Å². The molecule has 0 aliphatic rings. The molecule has 0 radical (unpaired) electrons. The molecule has 0 unspecified atom stereocenters. The molecule has 0 aromatic rings. The summed E-state index contributed by atoms with van der Waals surface area (Å²) < 4.78 is 0. The SMILES string of the molecule is N=C(N)NCC=CCN=C(N)N. The van der Waals surface area contributed by atoms with E-state index >= 15 is 0 Å². The maximum atomic E-state index is 6.81. The Bertz CT molecular complexity index is 190. The molecule has 68 valence electrons. The molecule has 0 atom stereocenters. The standard InChI is InChI=1S/C6H14N6/c7-5(8)11-3-1-2-4-12-6(9)10/h1-2H,3-4H2,(H4,7,8,11)(H4,9,10,12). The molecule has 0 aromatic heterocycles. The van der Waals surface area contributed by atoms with Gasteiger partial charge in [0, 0.05) is 6.54 Å². The van der Waals surface area contributed by atoms with Crippen molar-refractivity contribution in [2.45, 2.75) is 0 Å². The van der Waals surface area contributed by atoms with Crippen molar-refractivity contribution in [3.05, 3.63) is 12.2 Å². The lowest BCUT2D eigenvalue weighted by molar-refractivity contribution is 1.00. The molecule has 12 heavy (non-hydrogen) atoms. The Kier molecular flexibility index (Phi) is 5.16. The van der Waals surface area contributed by atoms with Crippen LogP contribution < -0.4 is 22.5 Å². The summed E-state index contributed by atoms with van der Waals surface area (Å²) in [6, 6.07) is 0. The van der Waals surface area contributed by atoms with Gasteiger partial charge in [0.15, 0.2) is 11.9 Å². The van der Waals surface area contributed by atoms with Gasteiger partial charge in [-0.25, -0.2) is 4.99 Å². The maximum Gasteiger partial charge on any atom is 0.186 e. The summed E-state index contributed by atoms with van der Waals surface area (Å²) in [7, 11) is 0. The first-order valence-corrected chi connectivity index (χ1v) is 3.41. The Morgan fingerprint density at radius 3 is 2.50 bits per heavy atom. The second-order valence-corrected chi connectivity index (χ2v) is 2.03. The molecule has 0 heterocycles. The van der Waals surface area contributed by atoms with Crippen LogP contribution in [0.5, 0.6) is 0 Å². The molecule has 6 heteroatoms. The first-order chi connectivity index (χ1) is 5.63. The number of hydrogen-bond acceptors (Lipinski definition) is 2. The fourth-order valence-electron chi connectivity index (χ4n) is 0.485. The van der Waals surface area contributed by atoms with Gasteiger partial charge in [0.25, 0.3) is 0 Å². The summed E-state index contributed by atoms with van der Waals surface area (Å²) in [6.45, 7) is 0.956. The molecule has 0 saturated heterocycles. The molecule has 8 N–H and O–H groups in total. The average Bonchev–Trinajstić information content (AvgIpc) is 1.95. The molecule has 0 bridgehead atoms. The van der Waals surface area contributed by atoms with Crippen molar-refractivity contribution in [2.75, 3.05) is 13.1 Å². The minimum Gasteiger partial charge on any atom is -0.370 e. The quantitative estimate of drug-likeness (QED) is 0.196. The largest absolute Gasteiger partial charge is 0.370 e. The molecule has 0 amide bonds. The van der Waals surface area contributed by atoms with Gasteiger partial charge in [0.1, 0.15) is 0 Å². The van der Waals surface area contributed by atoms with Gasteiger partial charge in [-0.15, -0.1) is 0 Å². The van der Waals surface area contributed by atoms with Crippen LogP contribution >= 0.6 is 0 Å². The summed E-state index contributed by atoms with van der Waals surface area (Å²) in [6.07, 6.45) is 3.56. The van der Waals surface area contributed by atoms with Gasteiger partial charge in [-0.05, 0) is 0 Å². The highest BCUT2D eigenvalue weighted by Crippen LogP contribution is 1.73. The van der Waals surface area contributed by atoms with E-state index in [0.717, 1.165) is 0 Å². The predicted octanol–water partition coefficient (Wildman–Crippen LogP) is -1.70. The smallest absolute Gasteiger partial charge is 0.186 e. The van der Waals surface area contributed by atoms with E-state index in [-0.39, 0.29) is 11.9 Å². The van der Waals surface area contributed by atoms with Crippen molar-refractivity contribution < 1.29 is 0 Å². The highest BCUT2D eigenvalue weighted by atomic mass is 15.0. The van der Waals surface area contributed by atoms with Gasteiger partial charge in [0.2, 0.25) is 0 Å². The molecule has 6 nitrogen and oxygen atoms in total. The van der Waals surface area contributed by atoms with Crippen LogP contribution in [0.1, 0.15) is 0 Å². The van der Waals surface area contributed by atoms with E-state index < -0.39 is 0 Å². The second-order valence-electron chi connectivity index (χ2n) is 2.03. The fourth-order valence-corrected chi connectivity index (χ4v) is 0.485. The number of nitrogens with one attached hydrogen (secondary N) is 2. The first-order valence-electron chi connectivity index (χ1n) is 3.41. The van der Waals surface area contributed by atoms with Crippen molar-refractivity contribution in [3.8, 4) is 0 Å². The number of nitrogens with two attached hydrogens (primary N) is 3. The minimum absolute atomic E-state index is 0.0542. The van der Waals surface area contributed by atoms with Gasteiger partial charge < -0.3 is 22.5 Å². The minimum atomic E-state index is -0.0542. The summed E-state index contributed by atoms with van der Waals surface area (Å²) in [4.78, 5) is 3.71. The van der Waals surface area contributed by atoms with Crippen LogP contribution in [0, 0.1) is 5.41 Å². The average molecular weight is 170 g/mol. The third-order valence-electron chi connectivity index (χ3n) is 0.956. The van der Waals surface area contributed by atoms with Crippen LogP contribution in [0.15, 0.2) is 17.1 Å². The highest BCUT2D eigenvalue weighted by molar-refractivity contribution is 5.75. The van der Waals surface area contributed by atoms with E-state index in [9.17, 15) is 0 Å². The topological polar surface area (TPSA) is 126 Å². The van der Waals surface area contributed by atoms with E-state index in [0.29, 0.717) is 13.1 Å². The lowest BCUT2D eigenvalue weighted by Crippen LogP contribution is -2.30. The number of hydrogen-bond donors (Lipinski definition) is 5. The van der Waals surface area contributed by atoms with Crippen LogP contribution in [0.2, 0.25) is 0 Å². The van der Waals surface area contributed by atoms with E-state index in [2.05, 4.69) is 10.3 Å². The number of guanidine groups is 2. The van der Waals surface area contributed by atoms with Gasteiger partial charge in [-0.2, -0.15) is 0 Å². The van der Waals surface area contributed by atoms with Gasteiger partial charge in [0.05, 0.1) is 6.54 Å². The molecule has 0 aliphatic carbocycles. The number of aliphatic imine (C=N–C) groups is 1. The Labute approximate surface area is 71.0 Å². The lowest BCUT2D eigenvalue weighted by atomic mass is 10.5. The molecule has 0 fully saturated rings. The van der Waals surface area contributed by atoms with Crippen LogP contribution in [-0.4, -0.2) is 25.0 Å². The van der Waals surface area contributed by atoms with Crippen molar-refractivity contribution in [1.82, 2.24) is 5.32 Å². The molecule has 0 rings (SSSR count). The Balaban J connectivity index is 3.38. The van der Waals surface area contributed by atoms with E-state index in [1.54, 1.807) is 12.2 Å². The van der Waals surface area contributed by atoms with Gasteiger partial charge in [-0.1, -0.05) is 12.2 Å². The Morgan fingerprint density at radius 1 is 1.33 bits per heavy atom. The molecular weight excluding hydrogens is 156 g/mol. The van der Waals surface area contributed by atoms with Crippen molar-refractivity contribution in [2.24, 2.45) is 22.2 Å². The van der Waals surface area contributed by atoms with E-state index in [1.807, 2.05) is 0 Å². The monoisotopic (exact) mass is 170 g/mol. The summed E-state index contributed by atoms with van der Waals surface area (Å²) >= 11 is 0. The maximum absolute atomic E-state index is 6.81. The zero-order valence-electron chi connectivity index (χ0n) is 6.75. The van der Waals surface area contributed by atoms with E-state index in [1.165, 1.54) is 0 Å². The van der Waals surface area contributed by atoms with Crippen molar-refractivity contribution in [1.29, 1.82) is 5.41 Å². The van der Waals surface area contributed by atoms with Crippen molar-refractivity contribution in [3.63, 3.8) is 0 Å². The third kappa shape index (κ3) is 8.28. The van der Waals surface area contributed by atoms with Crippen LogP contribution in [0.25, 0.3) is 0 Å².